The van der Waals surface area contributed by atoms with Crippen LogP contribution in [0.25, 0.3) is 0 Å². The average molecular weight is 261 g/mol. The summed E-state index contributed by atoms with van der Waals surface area (Å²) in [7, 11) is 0. The van der Waals surface area contributed by atoms with Crippen LogP contribution >= 0.6 is 0 Å². The van der Waals surface area contributed by atoms with Crippen molar-refractivity contribution in [1.82, 2.24) is 5.32 Å². The van der Waals surface area contributed by atoms with Gasteiger partial charge < -0.3 is 10.4 Å². The Morgan fingerprint density at radius 1 is 1.26 bits per heavy atom. The van der Waals surface area contributed by atoms with Crippen LogP contribution in [0.1, 0.15) is 43.7 Å². The van der Waals surface area contributed by atoms with Crippen molar-refractivity contribution >= 4 is 5.91 Å². The van der Waals surface area contributed by atoms with Crippen molar-refractivity contribution in [2.75, 3.05) is 6.54 Å². The first-order valence-electron chi connectivity index (χ1n) is 7.18. The molecule has 0 bridgehead atoms. The fraction of sp³-hybridized carbons (Fsp3) is 0.562. The molecule has 19 heavy (non-hydrogen) atoms. The number of carbonyl (C=O) groups excluding carboxylic acids is 1. The van der Waals surface area contributed by atoms with Gasteiger partial charge in [0.2, 0.25) is 5.91 Å². The van der Waals surface area contributed by atoms with Gasteiger partial charge in [0, 0.05) is 13.0 Å². The van der Waals surface area contributed by atoms with E-state index in [1.54, 1.807) is 0 Å². The topological polar surface area (TPSA) is 49.3 Å². The van der Waals surface area contributed by atoms with Crippen LogP contribution in [0.2, 0.25) is 0 Å². The molecule has 0 radical (unpaired) electrons. The van der Waals surface area contributed by atoms with E-state index in [2.05, 4.69) is 36.5 Å². The number of aryl methyl sites for hydroxylation is 2. The van der Waals surface area contributed by atoms with Gasteiger partial charge in [-0.15, -0.1) is 0 Å². The molecule has 1 aliphatic carbocycles. The summed E-state index contributed by atoms with van der Waals surface area (Å²) < 4.78 is 0. The minimum absolute atomic E-state index is 0.0277. The van der Waals surface area contributed by atoms with Gasteiger partial charge in [-0.3, -0.25) is 4.79 Å². The lowest BCUT2D eigenvalue weighted by Crippen LogP contribution is -2.47. The Labute approximate surface area is 115 Å². The summed E-state index contributed by atoms with van der Waals surface area (Å²) in [5.41, 5.74) is 1.88. The third-order valence-corrected chi connectivity index (χ3v) is 3.97. The molecule has 0 unspecified atom stereocenters. The zero-order valence-corrected chi connectivity index (χ0v) is 11.6. The number of rotatable bonds is 6. The predicted octanol–water partition coefficient (Wildman–Crippen LogP) is 2.21. The van der Waals surface area contributed by atoms with E-state index < -0.39 is 5.60 Å². The van der Waals surface area contributed by atoms with Crippen molar-refractivity contribution in [2.24, 2.45) is 0 Å². The number of amides is 1. The van der Waals surface area contributed by atoms with Gasteiger partial charge in [0.25, 0.3) is 0 Å². The van der Waals surface area contributed by atoms with Crippen molar-refractivity contribution in [3.05, 3.63) is 35.4 Å². The molecule has 0 aromatic heterocycles. The van der Waals surface area contributed by atoms with Gasteiger partial charge in [-0.05, 0) is 43.2 Å². The molecule has 1 aromatic carbocycles. The van der Waals surface area contributed by atoms with Gasteiger partial charge in [-0.25, -0.2) is 0 Å². The van der Waals surface area contributed by atoms with Crippen LogP contribution in [0.3, 0.4) is 0 Å². The highest BCUT2D eigenvalue weighted by Crippen LogP contribution is 2.30. The van der Waals surface area contributed by atoms with Crippen LogP contribution in [-0.4, -0.2) is 23.2 Å². The molecule has 1 aromatic rings. The molecule has 0 heterocycles. The molecule has 104 valence electrons. The van der Waals surface area contributed by atoms with Crippen LogP contribution in [0.4, 0.5) is 0 Å². The second kappa shape index (κ2) is 6.20. The summed E-state index contributed by atoms with van der Waals surface area (Å²) in [4.78, 5) is 11.7. The second-order valence-corrected chi connectivity index (χ2v) is 5.52. The zero-order valence-electron chi connectivity index (χ0n) is 11.6. The minimum Gasteiger partial charge on any atom is -0.388 e. The summed E-state index contributed by atoms with van der Waals surface area (Å²) in [5, 5.41) is 12.7. The van der Waals surface area contributed by atoms with Crippen molar-refractivity contribution in [3.8, 4) is 0 Å². The van der Waals surface area contributed by atoms with Crippen LogP contribution in [0, 0.1) is 0 Å². The molecule has 3 nitrogen and oxygen atoms in total. The second-order valence-electron chi connectivity index (χ2n) is 5.52. The first-order chi connectivity index (χ1) is 9.11. The maximum Gasteiger partial charge on any atom is 0.220 e. The zero-order chi connectivity index (χ0) is 13.7. The number of carbonyl (C=O) groups is 1. The van der Waals surface area contributed by atoms with Crippen molar-refractivity contribution in [2.45, 2.75) is 51.0 Å². The summed E-state index contributed by atoms with van der Waals surface area (Å²) in [6, 6.07) is 8.41. The fourth-order valence-corrected chi connectivity index (χ4v) is 2.31. The molecule has 1 amide bonds. The summed E-state index contributed by atoms with van der Waals surface area (Å²) in [6.07, 6.45) is 4.98. The molecule has 3 heteroatoms. The molecular weight excluding hydrogens is 238 g/mol. The third-order valence-electron chi connectivity index (χ3n) is 3.97. The lowest BCUT2D eigenvalue weighted by molar-refractivity contribution is -0.123. The molecular formula is C16H23NO2. The fourth-order valence-electron chi connectivity index (χ4n) is 2.31. The number of hydrogen-bond donors (Lipinski definition) is 2. The number of hydrogen-bond acceptors (Lipinski definition) is 2. The average Bonchev–Trinajstić information content (AvgIpc) is 2.41. The van der Waals surface area contributed by atoms with E-state index in [1.165, 1.54) is 11.1 Å². The van der Waals surface area contributed by atoms with Gasteiger partial charge in [0.15, 0.2) is 0 Å². The number of nitrogens with one attached hydrogen (secondary N) is 1. The van der Waals surface area contributed by atoms with E-state index in [9.17, 15) is 9.90 Å². The van der Waals surface area contributed by atoms with E-state index in [0.29, 0.717) is 13.0 Å². The van der Waals surface area contributed by atoms with E-state index in [4.69, 9.17) is 0 Å². The summed E-state index contributed by atoms with van der Waals surface area (Å²) >= 11 is 0. The van der Waals surface area contributed by atoms with Crippen molar-refractivity contribution in [1.29, 1.82) is 0 Å². The normalized spacial score (nSPS) is 16.7. The lowest BCUT2D eigenvalue weighted by atomic mass is 9.80. The largest absolute Gasteiger partial charge is 0.388 e. The SMILES string of the molecule is CCc1ccc(CCC(=O)NCC2(O)CCC2)cc1. The molecule has 0 saturated heterocycles. The van der Waals surface area contributed by atoms with E-state index in [1.807, 2.05) is 0 Å². The molecule has 0 aliphatic heterocycles. The van der Waals surface area contributed by atoms with Crippen LogP contribution in [-0.2, 0) is 17.6 Å². The standard InChI is InChI=1S/C16H23NO2/c1-2-13-4-6-14(7-5-13)8-9-15(18)17-12-16(19)10-3-11-16/h4-7,19H,2-3,8-12H2,1H3,(H,17,18). The Bertz CT molecular complexity index is 421. The van der Waals surface area contributed by atoms with Gasteiger partial charge in [-0.2, -0.15) is 0 Å². The van der Waals surface area contributed by atoms with Gasteiger partial charge in [0.1, 0.15) is 0 Å². The molecule has 1 saturated carbocycles. The quantitative estimate of drug-likeness (QED) is 0.825. The Morgan fingerprint density at radius 2 is 1.89 bits per heavy atom. The molecule has 0 atom stereocenters. The van der Waals surface area contributed by atoms with Gasteiger partial charge in [-0.1, -0.05) is 31.2 Å². The Balaban J connectivity index is 1.70. The van der Waals surface area contributed by atoms with Crippen LogP contribution in [0.5, 0.6) is 0 Å². The molecule has 2 N–H and O–H groups in total. The van der Waals surface area contributed by atoms with Crippen molar-refractivity contribution < 1.29 is 9.90 Å². The van der Waals surface area contributed by atoms with E-state index in [0.717, 1.165) is 32.1 Å². The Morgan fingerprint density at radius 3 is 2.42 bits per heavy atom. The first-order valence-corrected chi connectivity index (χ1v) is 7.18. The first kappa shape index (κ1) is 14.1. The molecule has 1 fully saturated rings. The van der Waals surface area contributed by atoms with E-state index in [-0.39, 0.29) is 5.91 Å². The molecule has 1 aliphatic rings. The third kappa shape index (κ3) is 4.06. The highest BCUT2D eigenvalue weighted by Gasteiger charge is 2.34. The Hall–Kier alpha value is -1.35. The summed E-state index contributed by atoms with van der Waals surface area (Å²) in [6.45, 7) is 2.54. The van der Waals surface area contributed by atoms with Crippen LogP contribution in [0.15, 0.2) is 24.3 Å². The highest BCUT2D eigenvalue weighted by molar-refractivity contribution is 5.76. The maximum atomic E-state index is 11.7. The van der Waals surface area contributed by atoms with Gasteiger partial charge in [0.05, 0.1) is 5.60 Å². The smallest absolute Gasteiger partial charge is 0.220 e. The monoisotopic (exact) mass is 261 g/mol. The number of benzene rings is 1. The van der Waals surface area contributed by atoms with E-state index >= 15 is 0 Å². The number of aliphatic hydroxyl groups is 1. The van der Waals surface area contributed by atoms with Gasteiger partial charge >= 0.3 is 0 Å². The molecule has 2 rings (SSSR count). The van der Waals surface area contributed by atoms with Crippen molar-refractivity contribution in [3.63, 3.8) is 0 Å². The minimum atomic E-state index is -0.627. The summed E-state index contributed by atoms with van der Waals surface area (Å²) in [5.74, 6) is 0.0277. The molecule has 0 spiro atoms. The Kier molecular flexibility index (Phi) is 4.59. The lowest BCUT2D eigenvalue weighted by Gasteiger charge is -2.36. The predicted molar refractivity (Wildman–Crippen MR) is 76.0 cm³/mol. The maximum absolute atomic E-state index is 11.7. The highest BCUT2D eigenvalue weighted by atomic mass is 16.3. The van der Waals surface area contributed by atoms with Crippen LogP contribution < -0.4 is 5.32 Å².